The first kappa shape index (κ1) is 22.4. The van der Waals surface area contributed by atoms with E-state index in [1.165, 1.54) is 0 Å². The fourth-order valence-electron chi connectivity index (χ4n) is 4.08. The number of rotatable bonds is 7. The van der Waals surface area contributed by atoms with Crippen LogP contribution in [0.25, 0.3) is 27.7 Å². The zero-order valence-corrected chi connectivity index (χ0v) is 19.7. The topological polar surface area (TPSA) is 79.2 Å². The Labute approximate surface area is 202 Å². The molecule has 35 heavy (non-hydrogen) atoms. The minimum atomic E-state index is -0.262. The Balaban J connectivity index is 1.44. The second kappa shape index (κ2) is 9.46. The van der Waals surface area contributed by atoms with Crippen molar-refractivity contribution in [1.82, 2.24) is 0 Å². The standard InChI is InChI=1S/C28H25NO6/c1-4-32-20-8-5-18(6-9-20)23-15-33-26-14-25(31-3)21(13-22(23)26)17(2)11-28(30)29-19-7-10-24-27(12-19)35-16-34-24/h5-15H,4,16H2,1-3H3,(H,29,30)/b17-11+. The first-order valence-electron chi connectivity index (χ1n) is 11.3. The number of allylic oxidation sites excluding steroid dienone is 1. The summed E-state index contributed by atoms with van der Waals surface area (Å²) in [4.78, 5) is 12.8. The molecule has 1 aliphatic rings. The third-order valence-electron chi connectivity index (χ3n) is 5.78. The molecule has 0 saturated carbocycles. The zero-order valence-electron chi connectivity index (χ0n) is 19.7. The third kappa shape index (κ3) is 4.53. The van der Waals surface area contributed by atoms with Crippen molar-refractivity contribution in [3.8, 4) is 34.1 Å². The van der Waals surface area contributed by atoms with Crippen LogP contribution < -0.4 is 24.3 Å². The minimum Gasteiger partial charge on any atom is -0.496 e. The predicted octanol–water partition coefficient (Wildman–Crippen LogP) is 6.28. The van der Waals surface area contributed by atoms with Crippen LogP contribution in [-0.4, -0.2) is 26.4 Å². The monoisotopic (exact) mass is 471 g/mol. The lowest BCUT2D eigenvalue weighted by molar-refractivity contribution is -0.111. The molecule has 0 saturated heterocycles. The normalized spacial score (nSPS) is 12.6. The molecule has 0 atom stereocenters. The van der Waals surface area contributed by atoms with Gasteiger partial charge in [-0.15, -0.1) is 0 Å². The van der Waals surface area contributed by atoms with E-state index in [1.54, 1.807) is 37.6 Å². The summed E-state index contributed by atoms with van der Waals surface area (Å²) in [5, 5.41) is 3.80. The Morgan fingerprint density at radius 2 is 1.86 bits per heavy atom. The second-order valence-electron chi connectivity index (χ2n) is 8.04. The molecule has 1 aromatic heterocycles. The molecule has 5 rings (SSSR count). The van der Waals surface area contributed by atoms with Gasteiger partial charge in [-0.1, -0.05) is 12.1 Å². The van der Waals surface area contributed by atoms with Gasteiger partial charge in [0.25, 0.3) is 0 Å². The maximum absolute atomic E-state index is 12.8. The predicted molar refractivity (Wildman–Crippen MR) is 134 cm³/mol. The van der Waals surface area contributed by atoms with Crippen LogP contribution in [0.15, 0.2) is 71.4 Å². The lowest BCUT2D eigenvalue weighted by Gasteiger charge is -2.10. The number of nitrogens with one attached hydrogen (secondary N) is 1. The quantitative estimate of drug-likeness (QED) is 0.320. The number of fused-ring (bicyclic) bond motifs is 2. The lowest BCUT2D eigenvalue weighted by atomic mass is 9.99. The number of methoxy groups -OCH3 is 1. The number of anilines is 1. The molecule has 178 valence electrons. The fourth-order valence-corrected chi connectivity index (χ4v) is 4.08. The maximum atomic E-state index is 12.8. The van der Waals surface area contributed by atoms with Gasteiger partial charge in [0.15, 0.2) is 11.5 Å². The van der Waals surface area contributed by atoms with Crippen molar-refractivity contribution in [3.05, 3.63) is 72.5 Å². The van der Waals surface area contributed by atoms with Crippen molar-refractivity contribution in [2.24, 2.45) is 0 Å². The SMILES string of the molecule is CCOc1ccc(-c2coc3cc(OC)c(/C(C)=C/C(=O)Nc4ccc5c(c4)OCO5)cc23)cc1. The van der Waals surface area contributed by atoms with E-state index < -0.39 is 0 Å². The van der Waals surface area contributed by atoms with Crippen LogP contribution in [0.4, 0.5) is 5.69 Å². The van der Waals surface area contributed by atoms with Crippen molar-refractivity contribution in [2.75, 3.05) is 25.8 Å². The zero-order chi connectivity index (χ0) is 24.4. The Bertz CT molecular complexity index is 1420. The van der Waals surface area contributed by atoms with Crippen molar-refractivity contribution in [1.29, 1.82) is 0 Å². The second-order valence-corrected chi connectivity index (χ2v) is 8.04. The highest BCUT2D eigenvalue weighted by Gasteiger charge is 2.16. The van der Waals surface area contributed by atoms with Crippen LogP contribution in [-0.2, 0) is 4.79 Å². The van der Waals surface area contributed by atoms with Crippen LogP contribution in [0, 0.1) is 0 Å². The van der Waals surface area contributed by atoms with E-state index in [0.717, 1.165) is 33.4 Å². The molecule has 7 nitrogen and oxygen atoms in total. The summed E-state index contributed by atoms with van der Waals surface area (Å²) in [5.74, 6) is 2.45. The molecule has 0 fully saturated rings. The first-order valence-corrected chi connectivity index (χ1v) is 11.3. The summed E-state index contributed by atoms with van der Waals surface area (Å²) < 4.78 is 27.7. The van der Waals surface area contributed by atoms with Crippen molar-refractivity contribution in [3.63, 3.8) is 0 Å². The van der Waals surface area contributed by atoms with Crippen LogP contribution in [0.5, 0.6) is 23.0 Å². The number of benzene rings is 3. The van der Waals surface area contributed by atoms with Crippen LogP contribution in [0.3, 0.4) is 0 Å². The smallest absolute Gasteiger partial charge is 0.248 e. The molecule has 4 aromatic rings. The summed E-state index contributed by atoms with van der Waals surface area (Å²) in [6.45, 7) is 4.63. The molecular weight excluding hydrogens is 446 g/mol. The van der Waals surface area contributed by atoms with E-state index in [9.17, 15) is 4.79 Å². The van der Waals surface area contributed by atoms with E-state index in [0.29, 0.717) is 35.1 Å². The summed E-state index contributed by atoms with van der Waals surface area (Å²) in [5.41, 5.74) is 4.83. The molecule has 0 spiro atoms. The average molecular weight is 472 g/mol. The Morgan fingerprint density at radius 3 is 2.63 bits per heavy atom. The molecule has 1 aliphatic heterocycles. The molecule has 1 N–H and O–H groups in total. The Morgan fingerprint density at radius 1 is 1.06 bits per heavy atom. The summed E-state index contributed by atoms with van der Waals surface area (Å²) in [6, 6.07) is 17.0. The number of carbonyl (C=O) groups excluding carboxylic acids is 1. The average Bonchev–Trinajstić information content (AvgIpc) is 3.50. The fraction of sp³-hybridized carbons (Fsp3) is 0.179. The molecule has 0 aliphatic carbocycles. The van der Waals surface area contributed by atoms with Crippen LogP contribution in [0.2, 0.25) is 0 Å². The van der Waals surface area contributed by atoms with E-state index in [4.69, 9.17) is 23.4 Å². The van der Waals surface area contributed by atoms with Gasteiger partial charge in [0.05, 0.1) is 20.0 Å². The number of carbonyl (C=O) groups is 1. The largest absolute Gasteiger partial charge is 0.496 e. The summed E-state index contributed by atoms with van der Waals surface area (Å²) >= 11 is 0. The van der Waals surface area contributed by atoms with Crippen molar-refractivity contribution >= 4 is 28.1 Å². The van der Waals surface area contributed by atoms with Gasteiger partial charge in [0.1, 0.15) is 17.1 Å². The highest BCUT2D eigenvalue weighted by Crippen LogP contribution is 2.38. The molecule has 2 heterocycles. The highest BCUT2D eigenvalue weighted by molar-refractivity contribution is 6.05. The first-order chi connectivity index (χ1) is 17.1. The molecule has 1 amide bonds. The van der Waals surface area contributed by atoms with Gasteiger partial charge in [-0.3, -0.25) is 4.79 Å². The van der Waals surface area contributed by atoms with E-state index in [1.807, 2.05) is 50.2 Å². The van der Waals surface area contributed by atoms with Crippen molar-refractivity contribution < 1.29 is 28.2 Å². The molecular formula is C28H25NO6. The van der Waals surface area contributed by atoms with Gasteiger partial charge >= 0.3 is 0 Å². The van der Waals surface area contributed by atoms with Gasteiger partial charge < -0.3 is 28.7 Å². The van der Waals surface area contributed by atoms with E-state index in [-0.39, 0.29) is 12.7 Å². The molecule has 0 radical (unpaired) electrons. The maximum Gasteiger partial charge on any atom is 0.248 e. The molecule has 0 unspecified atom stereocenters. The van der Waals surface area contributed by atoms with Gasteiger partial charge in [-0.25, -0.2) is 0 Å². The summed E-state index contributed by atoms with van der Waals surface area (Å²) in [6.07, 6.45) is 3.28. The van der Waals surface area contributed by atoms with E-state index >= 15 is 0 Å². The molecule has 3 aromatic carbocycles. The third-order valence-corrected chi connectivity index (χ3v) is 5.78. The number of ether oxygens (including phenoxy) is 4. The van der Waals surface area contributed by atoms with E-state index in [2.05, 4.69) is 5.32 Å². The Hall–Kier alpha value is -4.39. The lowest BCUT2D eigenvalue weighted by Crippen LogP contribution is -2.08. The number of hydrogen-bond acceptors (Lipinski definition) is 6. The summed E-state index contributed by atoms with van der Waals surface area (Å²) in [7, 11) is 1.60. The van der Waals surface area contributed by atoms with Crippen LogP contribution in [0.1, 0.15) is 19.4 Å². The van der Waals surface area contributed by atoms with Gasteiger partial charge in [-0.2, -0.15) is 0 Å². The molecule has 7 heteroatoms. The number of amides is 1. The number of furan rings is 1. The van der Waals surface area contributed by atoms with Crippen LogP contribution >= 0.6 is 0 Å². The van der Waals surface area contributed by atoms with Gasteiger partial charge in [0, 0.05) is 40.4 Å². The van der Waals surface area contributed by atoms with Crippen molar-refractivity contribution in [2.45, 2.75) is 13.8 Å². The Kier molecular flexibility index (Phi) is 6.06. The molecule has 0 bridgehead atoms. The number of hydrogen-bond donors (Lipinski definition) is 1. The van der Waals surface area contributed by atoms with Gasteiger partial charge in [0.2, 0.25) is 12.7 Å². The minimum absolute atomic E-state index is 0.181. The highest BCUT2D eigenvalue weighted by atomic mass is 16.7. The van der Waals surface area contributed by atoms with Gasteiger partial charge in [-0.05, 0) is 55.3 Å².